The fourth-order valence-electron chi connectivity index (χ4n) is 10.3. The van der Waals surface area contributed by atoms with E-state index in [0.717, 1.165) is 56.6 Å². The minimum absolute atomic E-state index is 0.0840. The van der Waals surface area contributed by atoms with E-state index >= 15 is 0 Å². The van der Waals surface area contributed by atoms with Gasteiger partial charge in [0.15, 0.2) is 0 Å². The van der Waals surface area contributed by atoms with Crippen LogP contribution in [0.1, 0.15) is 104 Å². The van der Waals surface area contributed by atoms with Crippen LogP contribution >= 0.6 is 0 Å². The number of piperidine rings is 2. The molecular formula is C36H52N2O4. The van der Waals surface area contributed by atoms with Crippen LogP contribution in [0.15, 0.2) is 41.5 Å². The Morgan fingerprint density at radius 2 is 1.90 bits per heavy atom. The van der Waals surface area contributed by atoms with Gasteiger partial charge in [0.25, 0.3) is 0 Å². The molecule has 0 bridgehead atoms. The second-order valence-corrected chi connectivity index (χ2v) is 14.2. The van der Waals surface area contributed by atoms with Crippen molar-refractivity contribution in [2.75, 3.05) is 6.54 Å². The lowest BCUT2D eigenvalue weighted by Gasteiger charge is -2.52. The third-order valence-electron chi connectivity index (χ3n) is 12.4. The van der Waals surface area contributed by atoms with Crippen LogP contribution < -0.4 is 5.32 Å². The van der Waals surface area contributed by atoms with Crippen molar-refractivity contribution >= 4 is 12.0 Å². The number of likely N-dealkylation sites (tertiary alicyclic amines) is 1. The molecule has 3 aliphatic heterocycles. The van der Waals surface area contributed by atoms with E-state index in [1.165, 1.54) is 19.3 Å². The first-order valence-electron chi connectivity index (χ1n) is 16.9. The number of rotatable bonds is 2. The van der Waals surface area contributed by atoms with Crippen molar-refractivity contribution in [2.24, 2.45) is 29.1 Å². The molecule has 5 fully saturated rings. The highest BCUT2D eigenvalue weighted by Gasteiger charge is 2.60. The van der Waals surface area contributed by atoms with Crippen LogP contribution in [0.5, 0.6) is 0 Å². The summed E-state index contributed by atoms with van der Waals surface area (Å²) in [5.41, 5.74) is 4.29. The van der Waals surface area contributed by atoms with Crippen molar-refractivity contribution < 1.29 is 19.1 Å². The SMILES string of the molecule is CC.CC1=C2CC3[C@@H](CCC4NC(=O)CCC43C)C2CCC2(C1)OC1CCCN(C(=O)OCc3ccccc3)C1C2C. The number of fused-ring (bicyclic) bond motifs is 6. The smallest absolute Gasteiger partial charge is 0.410 e. The first-order valence-corrected chi connectivity index (χ1v) is 16.9. The number of hydrogen-bond donors (Lipinski definition) is 1. The van der Waals surface area contributed by atoms with Gasteiger partial charge in [-0.15, -0.1) is 0 Å². The van der Waals surface area contributed by atoms with Crippen molar-refractivity contribution in [3.05, 3.63) is 47.0 Å². The lowest BCUT2D eigenvalue weighted by Crippen LogP contribution is -2.57. The highest BCUT2D eigenvalue weighted by Crippen LogP contribution is 2.62. The molecule has 2 saturated carbocycles. The Morgan fingerprint density at radius 3 is 2.69 bits per heavy atom. The number of carbonyl (C=O) groups excluding carboxylic acids is 2. The Kier molecular flexibility index (Phi) is 8.23. The number of nitrogens with zero attached hydrogens (tertiary/aromatic N) is 1. The van der Waals surface area contributed by atoms with Gasteiger partial charge >= 0.3 is 6.09 Å². The van der Waals surface area contributed by atoms with Gasteiger partial charge < -0.3 is 19.7 Å². The van der Waals surface area contributed by atoms with Crippen molar-refractivity contribution in [1.29, 1.82) is 0 Å². The van der Waals surface area contributed by atoms with Crippen LogP contribution in [0.25, 0.3) is 0 Å². The minimum atomic E-state index is -0.200. The zero-order valence-corrected chi connectivity index (χ0v) is 26.5. The van der Waals surface area contributed by atoms with Gasteiger partial charge in [0.1, 0.15) is 6.61 Å². The van der Waals surface area contributed by atoms with E-state index < -0.39 is 0 Å². The monoisotopic (exact) mass is 576 g/mol. The van der Waals surface area contributed by atoms with Crippen molar-refractivity contribution in [2.45, 2.75) is 129 Å². The largest absolute Gasteiger partial charge is 0.445 e. The number of amides is 2. The van der Waals surface area contributed by atoms with Gasteiger partial charge in [-0.3, -0.25) is 4.79 Å². The van der Waals surface area contributed by atoms with E-state index in [-0.39, 0.29) is 41.1 Å². The molecule has 0 aromatic heterocycles. The van der Waals surface area contributed by atoms with Gasteiger partial charge in [-0.25, -0.2) is 4.79 Å². The van der Waals surface area contributed by atoms with Gasteiger partial charge in [-0.05, 0) is 93.4 Å². The molecule has 1 aromatic carbocycles. The number of allylic oxidation sites excluding steroid dienone is 1. The van der Waals surface area contributed by atoms with Crippen LogP contribution in [-0.2, 0) is 20.9 Å². The second-order valence-electron chi connectivity index (χ2n) is 14.2. The van der Waals surface area contributed by atoms with Crippen LogP contribution in [-0.4, -0.2) is 47.2 Å². The average Bonchev–Trinajstić information content (AvgIpc) is 3.48. The highest BCUT2D eigenvalue weighted by molar-refractivity contribution is 5.77. The Bertz CT molecular complexity index is 1200. The lowest BCUT2D eigenvalue weighted by molar-refractivity contribution is -0.130. The standard InChI is InChI=1S/C34H46N2O4.C2H6/c1-21-19-34(16-13-24-25-11-12-29-33(3,15-14-30(37)35-29)27(25)18-26(21)24)22(2)31-28(40-34)10-7-17-36(31)32(38)39-20-23-8-5-4-6-9-23;1-2/h4-6,8-9,22,24-25,27-29,31H,7,10-20H2,1-3H3,(H,35,37);1-2H3/t22?,24?,25-,27?,28?,29?,31?,33?,34?;/m0./s1. The molecule has 3 saturated heterocycles. The Morgan fingerprint density at radius 1 is 1.12 bits per heavy atom. The maximum absolute atomic E-state index is 13.4. The van der Waals surface area contributed by atoms with Crippen molar-refractivity contribution in [1.82, 2.24) is 10.2 Å². The summed E-state index contributed by atoms with van der Waals surface area (Å²) < 4.78 is 12.9. The number of nitrogens with one attached hydrogen (secondary N) is 1. The molecule has 8 unspecified atom stereocenters. The summed E-state index contributed by atoms with van der Waals surface area (Å²) in [7, 11) is 0. The molecule has 3 aliphatic carbocycles. The molecule has 1 spiro atoms. The predicted molar refractivity (Wildman–Crippen MR) is 165 cm³/mol. The quantitative estimate of drug-likeness (QED) is 0.372. The third kappa shape index (κ3) is 4.90. The summed E-state index contributed by atoms with van der Waals surface area (Å²) >= 11 is 0. The molecule has 7 rings (SSSR count). The fourth-order valence-corrected chi connectivity index (χ4v) is 10.3. The molecule has 6 aliphatic rings. The molecule has 0 radical (unpaired) electrons. The Labute approximate surface area is 253 Å². The van der Waals surface area contributed by atoms with E-state index in [9.17, 15) is 9.59 Å². The first kappa shape index (κ1) is 29.7. The number of hydrogen-bond acceptors (Lipinski definition) is 4. The maximum atomic E-state index is 13.4. The normalized spacial score (nSPS) is 40.5. The zero-order valence-electron chi connectivity index (χ0n) is 26.5. The van der Waals surface area contributed by atoms with Crippen LogP contribution in [0, 0.1) is 29.1 Å². The zero-order chi connectivity index (χ0) is 29.6. The molecule has 3 heterocycles. The molecular weight excluding hydrogens is 524 g/mol. The van der Waals surface area contributed by atoms with Gasteiger partial charge in [0.05, 0.1) is 17.7 Å². The number of carbonyl (C=O) groups is 2. The van der Waals surface area contributed by atoms with Gasteiger partial charge in [0, 0.05) is 24.9 Å². The molecule has 1 N–H and O–H groups in total. The molecule has 6 nitrogen and oxygen atoms in total. The molecule has 230 valence electrons. The van der Waals surface area contributed by atoms with Gasteiger partial charge in [-0.2, -0.15) is 0 Å². The third-order valence-corrected chi connectivity index (χ3v) is 12.4. The Hall–Kier alpha value is -2.34. The van der Waals surface area contributed by atoms with E-state index in [4.69, 9.17) is 9.47 Å². The van der Waals surface area contributed by atoms with Gasteiger partial charge in [-0.1, -0.05) is 69.2 Å². The van der Waals surface area contributed by atoms with Crippen LogP contribution in [0.2, 0.25) is 0 Å². The lowest BCUT2D eigenvalue weighted by atomic mass is 9.57. The fraction of sp³-hybridized carbons (Fsp3) is 0.722. The number of benzene rings is 1. The summed E-state index contributed by atoms with van der Waals surface area (Å²) in [5.74, 6) is 2.56. The van der Waals surface area contributed by atoms with Crippen molar-refractivity contribution in [3.63, 3.8) is 0 Å². The molecule has 6 heteroatoms. The molecule has 2 amide bonds. The minimum Gasteiger partial charge on any atom is -0.445 e. The summed E-state index contributed by atoms with van der Waals surface area (Å²) in [4.78, 5) is 27.5. The van der Waals surface area contributed by atoms with E-state index in [2.05, 4.69) is 26.1 Å². The van der Waals surface area contributed by atoms with E-state index in [1.807, 2.05) is 49.1 Å². The van der Waals surface area contributed by atoms with Gasteiger partial charge in [0.2, 0.25) is 5.91 Å². The second kappa shape index (κ2) is 11.6. The van der Waals surface area contributed by atoms with Crippen LogP contribution in [0.3, 0.4) is 0 Å². The van der Waals surface area contributed by atoms with Crippen LogP contribution in [0.4, 0.5) is 4.79 Å². The topological polar surface area (TPSA) is 67.9 Å². The summed E-state index contributed by atoms with van der Waals surface area (Å²) in [6.45, 7) is 12.2. The highest BCUT2D eigenvalue weighted by atomic mass is 16.6. The first-order chi connectivity index (χ1) is 20.3. The average molecular weight is 577 g/mol. The summed E-state index contributed by atoms with van der Waals surface area (Å²) in [6, 6.07) is 10.4. The Balaban J connectivity index is 0.00000155. The van der Waals surface area contributed by atoms with Crippen molar-refractivity contribution in [3.8, 4) is 0 Å². The molecule has 42 heavy (non-hydrogen) atoms. The summed E-state index contributed by atoms with van der Waals surface area (Å²) in [6.07, 6.45) is 10.4. The number of ether oxygens (including phenoxy) is 2. The molecule has 9 atom stereocenters. The van der Waals surface area contributed by atoms with E-state index in [0.29, 0.717) is 30.9 Å². The maximum Gasteiger partial charge on any atom is 0.410 e. The van der Waals surface area contributed by atoms with E-state index in [1.54, 1.807) is 11.1 Å². The predicted octanol–water partition coefficient (Wildman–Crippen LogP) is 7.42. The molecule has 1 aromatic rings. The summed E-state index contributed by atoms with van der Waals surface area (Å²) in [5, 5.41) is 3.36.